The van der Waals surface area contributed by atoms with E-state index in [4.69, 9.17) is 0 Å². The first-order valence-corrected chi connectivity index (χ1v) is 5.77. The van der Waals surface area contributed by atoms with E-state index in [1.807, 2.05) is 0 Å². The third-order valence-corrected chi connectivity index (χ3v) is 2.74. The molecule has 104 valence electrons. The highest BCUT2D eigenvalue weighted by molar-refractivity contribution is 6.04. The zero-order chi connectivity index (χ0) is 14.8. The number of anilines is 1. The summed E-state index contributed by atoms with van der Waals surface area (Å²) < 4.78 is 37.9. The standard InChI is InChI=1S/C14H11F3N2O/c1-9-4-5-11(14(15,16)17)7-12(9)19-13(20)10-3-2-6-18-8-10/h2-8H,1H3,(H,19,20). The predicted molar refractivity (Wildman–Crippen MR) is 68.4 cm³/mol. The van der Waals surface area contributed by atoms with Gasteiger partial charge in [-0.1, -0.05) is 6.07 Å². The van der Waals surface area contributed by atoms with E-state index in [9.17, 15) is 18.0 Å². The zero-order valence-corrected chi connectivity index (χ0v) is 10.5. The van der Waals surface area contributed by atoms with E-state index in [0.29, 0.717) is 5.56 Å². The number of hydrogen-bond donors (Lipinski definition) is 1. The maximum absolute atomic E-state index is 12.6. The number of nitrogens with zero attached hydrogens (tertiary/aromatic N) is 1. The maximum Gasteiger partial charge on any atom is 0.416 e. The van der Waals surface area contributed by atoms with Gasteiger partial charge < -0.3 is 5.32 Å². The summed E-state index contributed by atoms with van der Waals surface area (Å²) in [4.78, 5) is 15.7. The number of carbonyl (C=O) groups is 1. The van der Waals surface area contributed by atoms with Crippen molar-refractivity contribution in [1.29, 1.82) is 0 Å². The van der Waals surface area contributed by atoms with Crippen LogP contribution < -0.4 is 5.32 Å². The molecule has 1 aromatic heterocycles. The molecule has 0 saturated heterocycles. The van der Waals surface area contributed by atoms with Crippen LogP contribution in [0, 0.1) is 6.92 Å². The number of alkyl halides is 3. The first-order chi connectivity index (χ1) is 9.38. The number of halogens is 3. The van der Waals surface area contributed by atoms with Gasteiger partial charge in [-0.3, -0.25) is 9.78 Å². The molecule has 0 aliphatic carbocycles. The minimum Gasteiger partial charge on any atom is -0.322 e. The minimum atomic E-state index is -4.44. The molecule has 3 nitrogen and oxygen atoms in total. The van der Waals surface area contributed by atoms with Crippen LogP contribution in [0.25, 0.3) is 0 Å². The summed E-state index contributed by atoms with van der Waals surface area (Å²) in [5.41, 5.74) is 0.165. The second kappa shape index (κ2) is 5.32. The summed E-state index contributed by atoms with van der Waals surface area (Å²) in [5, 5.41) is 2.46. The fourth-order valence-corrected chi connectivity index (χ4v) is 1.62. The molecule has 0 radical (unpaired) electrons. The van der Waals surface area contributed by atoms with Crippen molar-refractivity contribution in [3.05, 3.63) is 59.4 Å². The lowest BCUT2D eigenvalue weighted by atomic mass is 10.1. The Labute approximate surface area is 113 Å². The van der Waals surface area contributed by atoms with E-state index in [1.165, 1.54) is 24.5 Å². The molecular formula is C14H11F3N2O. The Kier molecular flexibility index (Phi) is 3.74. The van der Waals surface area contributed by atoms with Crippen LogP contribution in [0.15, 0.2) is 42.7 Å². The van der Waals surface area contributed by atoms with Crippen molar-refractivity contribution in [2.24, 2.45) is 0 Å². The molecule has 0 saturated carbocycles. The SMILES string of the molecule is Cc1ccc(C(F)(F)F)cc1NC(=O)c1cccnc1. The average Bonchev–Trinajstić information content (AvgIpc) is 2.41. The molecule has 1 amide bonds. The largest absolute Gasteiger partial charge is 0.416 e. The third-order valence-electron chi connectivity index (χ3n) is 2.74. The molecule has 6 heteroatoms. The van der Waals surface area contributed by atoms with Crippen LogP contribution in [0.3, 0.4) is 0 Å². The second-order valence-corrected chi connectivity index (χ2v) is 4.22. The number of hydrogen-bond acceptors (Lipinski definition) is 2. The van der Waals surface area contributed by atoms with Gasteiger partial charge in [-0.25, -0.2) is 0 Å². The molecule has 1 N–H and O–H groups in total. The fourth-order valence-electron chi connectivity index (χ4n) is 1.62. The van der Waals surface area contributed by atoms with Gasteiger partial charge in [-0.15, -0.1) is 0 Å². The topological polar surface area (TPSA) is 42.0 Å². The number of pyridine rings is 1. The summed E-state index contributed by atoms with van der Waals surface area (Å²) in [6.07, 6.45) is -1.59. The first-order valence-electron chi connectivity index (χ1n) is 5.77. The van der Waals surface area contributed by atoms with Crippen LogP contribution >= 0.6 is 0 Å². The maximum atomic E-state index is 12.6. The van der Waals surface area contributed by atoms with E-state index in [2.05, 4.69) is 10.3 Å². The number of nitrogens with one attached hydrogen (secondary N) is 1. The van der Waals surface area contributed by atoms with Gasteiger partial charge in [0.25, 0.3) is 5.91 Å². The fraction of sp³-hybridized carbons (Fsp3) is 0.143. The summed E-state index contributed by atoms with van der Waals surface area (Å²) in [6.45, 7) is 1.62. The van der Waals surface area contributed by atoms with Crippen LogP contribution in [-0.4, -0.2) is 10.9 Å². The highest BCUT2D eigenvalue weighted by Crippen LogP contribution is 2.32. The molecule has 0 bridgehead atoms. The molecule has 2 rings (SSSR count). The quantitative estimate of drug-likeness (QED) is 0.912. The molecule has 0 fully saturated rings. The van der Waals surface area contributed by atoms with Crippen molar-refractivity contribution in [3.8, 4) is 0 Å². The predicted octanol–water partition coefficient (Wildman–Crippen LogP) is 3.66. The second-order valence-electron chi connectivity index (χ2n) is 4.22. The van der Waals surface area contributed by atoms with Crippen LogP contribution in [-0.2, 0) is 6.18 Å². The van der Waals surface area contributed by atoms with Crippen molar-refractivity contribution in [2.75, 3.05) is 5.32 Å². The molecule has 0 unspecified atom stereocenters. The monoisotopic (exact) mass is 280 g/mol. The number of rotatable bonds is 2. The lowest BCUT2D eigenvalue weighted by Crippen LogP contribution is -2.14. The van der Waals surface area contributed by atoms with Gasteiger partial charge in [-0.05, 0) is 36.8 Å². The average molecular weight is 280 g/mol. The Morgan fingerprint density at radius 2 is 2.00 bits per heavy atom. The van der Waals surface area contributed by atoms with E-state index >= 15 is 0 Å². The smallest absolute Gasteiger partial charge is 0.322 e. The zero-order valence-electron chi connectivity index (χ0n) is 10.5. The van der Waals surface area contributed by atoms with Crippen molar-refractivity contribution >= 4 is 11.6 Å². The Hall–Kier alpha value is -2.37. The normalized spacial score (nSPS) is 11.2. The van der Waals surface area contributed by atoms with Crippen molar-refractivity contribution in [1.82, 2.24) is 4.98 Å². The lowest BCUT2D eigenvalue weighted by Gasteiger charge is -2.12. The molecule has 20 heavy (non-hydrogen) atoms. The molecular weight excluding hydrogens is 269 g/mol. The summed E-state index contributed by atoms with van der Waals surface area (Å²) >= 11 is 0. The Balaban J connectivity index is 2.27. The summed E-state index contributed by atoms with van der Waals surface area (Å²) in [5.74, 6) is -0.500. The Bertz CT molecular complexity index is 624. The van der Waals surface area contributed by atoms with Crippen LogP contribution in [0.1, 0.15) is 21.5 Å². The lowest BCUT2D eigenvalue weighted by molar-refractivity contribution is -0.137. The highest BCUT2D eigenvalue weighted by atomic mass is 19.4. The van der Waals surface area contributed by atoms with Gasteiger partial charge in [0.15, 0.2) is 0 Å². The van der Waals surface area contributed by atoms with Gasteiger partial charge in [-0.2, -0.15) is 13.2 Å². The number of aryl methyl sites for hydroxylation is 1. The molecule has 0 spiro atoms. The van der Waals surface area contributed by atoms with Crippen LogP contribution in [0.2, 0.25) is 0 Å². The molecule has 0 aliphatic rings. The summed E-state index contributed by atoms with van der Waals surface area (Å²) in [6, 6.07) is 6.33. The molecule has 0 aliphatic heterocycles. The number of amides is 1. The van der Waals surface area contributed by atoms with Crippen LogP contribution in [0.5, 0.6) is 0 Å². The first kappa shape index (κ1) is 14.0. The van der Waals surface area contributed by atoms with Gasteiger partial charge in [0.1, 0.15) is 0 Å². The number of aromatic nitrogens is 1. The minimum absolute atomic E-state index is 0.133. The molecule has 2 aromatic rings. The van der Waals surface area contributed by atoms with Crippen LogP contribution in [0.4, 0.5) is 18.9 Å². The molecule has 1 aromatic carbocycles. The van der Waals surface area contributed by atoms with E-state index in [-0.39, 0.29) is 11.3 Å². The van der Waals surface area contributed by atoms with E-state index < -0.39 is 17.6 Å². The Morgan fingerprint density at radius 1 is 1.25 bits per heavy atom. The third kappa shape index (κ3) is 3.14. The Morgan fingerprint density at radius 3 is 2.60 bits per heavy atom. The van der Waals surface area contributed by atoms with Gasteiger partial charge in [0.2, 0.25) is 0 Å². The number of carbonyl (C=O) groups excluding carboxylic acids is 1. The molecule has 0 atom stereocenters. The van der Waals surface area contributed by atoms with Crippen molar-refractivity contribution < 1.29 is 18.0 Å². The van der Waals surface area contributed by atoms with Gasteiger partial charge in [0, 0.05) is 18.1 Å². The van der Waals surface area contributed by atoms with Gasteiger partial charge in [0.05, 0.1) is 11.1 Å². The van der Waals surface area contributed by atoms with E-state index in [0.717, 1.165) is 12.1 Å². The van der Waals surface area contributed by atoms with E-state index in [1.54, 1.807) is 13.0 Å². The highest BCUT2D eigenvalue weighted by Gasteiger charge is 2.30. The molecule has 1 heterocycles. The number of benzene rings is 1. The van der Waals surface area contributed by atoms with Gasteiger partial charge >= 0.3 is 6.18 Å². The van der Waals surface area contributed by atoms with Crippen molar-refractivity contribution in [2.45, 2.75) is 13.1 Å². The summed E-state index contributed by atoms with van der Waals surface area (Å²) in [7, 11) is 0. The van der Waals surface area contributed by atoms with Crippen molar-refractivity contribution in [3.63, 3.8) is 0 Å².